The Kier molecular flexibility index (Phi) is 7.46. The molecule has 1 aromatic carbocycles. The quantitative estimate of drug-likeness (QED) is 0.710. The predicted molar refractivity (Wildman–Crippen MR) is 109 cm³/mol. The van der Waals surface area contributed by atoms with Crippen LogP contribution < -0.4 is 16.0 Å². The molecule has 1 saturated heterocycles. The molecule has 0 saturated carbocycles. The lowest BCUT2D eigenvalue weighted by molar-refractivity contribution is 0.0919. The highest BCUT2D eigenvalue weighted by Gasteiger charge is 2.23. The van der Waals surface area contributed by atoms with Crippen molar-refractivity contribution in [1.82, 2.24) is 10.6 Å². The molecule has 8 heteroatoms. The average molecular weight is 414 g/mol. The number of nitrogens with one attached hydrogen (secondary N) is 3. The second kappa shape index (κ2) is 9.37. The summed E-state index contributed by atoms with van der Waals surface area (Å²) in [7, 11) is 0. The fraction of sp³-hybridized carbons (Fsp3) is 0.333. The van der Waals surface area contributed by atoms with E-state index in [0.717, 1.165) is 19.4 Å². The van der Waals surface area contributed by atoms with Gasteiger partial charge in [-0.2, -0.15) is 0 Å². The van der Waals surface area contributed by atoms with E-state index in [4.69, 9.17) is 11.6 Å². The normalized spacial score (nSPS) is 19.3. The van der Waals surface area contributed by atoms with E-state index in [-0.39, 0.29) is 36.3 Å². The highest BCUT2D eigenvalue weighted by atomic mass is 35.5. The summed E-state index contributed by atoms with van der Waals surface area (Å²) in [5.41, 5.74) is 0.909. The lowest BCUT2D eigenvalue weighted by atomic mass is 9.99. The van der Waals surface area contributed by atoms with Crippen molar-refractivity contribution in [2.24, 2.45) is 0 Å². The molecule has 2 amide bonds. The first-order valence-corrected chi connectivity index (χ1v) is 9.49. The summed E-state index contributed by atoms with van der Waals surface area (Å²) in [6.45, 7) is 3.05. The molecule has 0 bridgehead atoms. The fourth-order valence-corrected chi connectivity index (χ4v) is 3.63. The van der Waals surface area contributed by atoms with Crippen LogP contribution in [0.4, 0.5) is 5.69 Å². The number of anilines is 1. The molecule has 2 unspecified atom stereocenters. The van der Waals surface area contributed by atoms with E-state index in [2.05, 4.69) is 22.9 Å². The first-order chi connectivity index (χ1) is 12.0. The highest BCUT2D eigenvalue weighted by Crippen LogP contribution is 2.24. The first-order valence-electron chi connectivity index (χ1n) is 8.23. The molecule has 0 radical (unpaired) electrons. The number of amides is 2. The van der Waals surface area contributed by atoms with E-state index in [1.807, 2.05) is 11.4 Å². The summed E-state index contributed by atoms with van der Waals surface area (Å²) >= 11 is 7.52. The van der Waals surface area contributed by atoms with Crippen LogP contribution in [0.2, 0.25) is 5.02 Å². The maximum Gasteiger partial charge on any atom is 0.265 e. The number of piperidine rings is 1. The Labute approximate surface area is 167 Å². The fourth-order valence-electron chi connectivity index (χ4n) is 2.85. The molecule has 0 spiro atoms. The number of carbonyl (C=O) groups is 2. The van der Waals surface area contributed by atoms with Crippen molar-refractivity contribution in [1.29, 1.82) is 0 Å². The van der Waals surface area contributed by atoms with Crippen LogP contribution in [0.25, 0.3) is 0 Å². The van der Waals surface area contributed by atoms with Gasteiger partial charge in [0.25, 0.3) is 11.8 Å². The zero-order valence-electron chi connectivity index (χ0n) is 14.3. The lowest BCUT2D eigenvalue weighted by Gasteiger charge is -2.30. The van der Waals surface area contributed by atoms with Crippen molar-refractivity contribution >= 4 is 52.8 Å². The van der Waals surface area contributed by atoms with Crippen molar-refractivity contribution < 1.29 is 9.59 Å². The van der Waals surface area contributed by atoms with Crippen LogP contribution in [0.3, 0.4) is 0 Å². The smallest absolute Gasteiger partial charge is 0.265 e. The maximum absolute atomic E-state index is 12.5. The van der Waals surface area contributed by atoms with Gasteiger partial charge >= 0.3 is 0 Å². The number of hydrogen-bond acceptors (Lipinski definition) is 4. The molecule has 3 N–H and O–H groups in total. The van der Waals surface area contributed by atoms with Crippen LogP contribution in [0.5, 0.6) is 0 Å². The zero-order chi connectivity index (χ0) is 17.8. The summed E-state index contributed by atoms with van der Waals surface area (Å²) in [6, 6.07) is 8.79. The molecule has 1 aliphatic rings. The van der Waals surface area contributed by atoms with E-state index >= 15 is 0 Å². The monoisotopic (exact) mass is 413 g/mol. The molecule has 3 rings (SSSR count). The number of halogens is 2. The zero-order valence-corrected chi connectivity index (χ0v) is 16.6. The van der Waals surface area contributed by atoms with Crippen LogP contribution in [0.15, 0.2) is 35.7 Å². The second-order valence-electron chi connectivity index (χ2n) is 6.09. The summed E-state index contributed by atoms with van der Waals surface area (Å²) < 4.78 is 0. The first kappa shape index (κ1) is 20.7. The Morgan fingerprint density at radius 1 is 1.27 bits per heavy atom. The Bertz CT molecular complexity index is 768. The van der Waals surface area contributed by atoms with Gasteiger partial charge in [-0.15, -0.1) is 23.7 Å². The largest absolute Gasteiger partial charge is 0.348 e. The number of hydrogen-bond donors (Lipinski definition) is 3. The molecule has 1 aliphatic heterocycles. The minimum absolute atomic E-state index is 0. The molecule has 2 heterocycles. The summed E-state index contributed by atoms with van der Waals surface area (Å²) in [5.74, 6) is -0.400. The van der Waals surface area contributed by atoms with Crippen molar-refractivity contribution in [2.45, 2.75) is 31.8 Å². The second-order valence-corrected chi connectivity index (χ2v) is 7.45. The lowest BCUT2D eigenvalue weighted by Crippen LogP contribution is -2.51. The van der Waals surface area contributed by atoms with Gasteiger partial charge in [-0.3, -0.25) is 9.59 Å². The van der Waals surface area contributed by atoms with Crippen LogP contribution >= 0.6 is 35.3 Å². The van der Waals surface area contributed by atoms with Gasteiger partial charge in [0, 0.05) is 17.6 Å². The minimum atomic E-state index is -0.237. The third-order valence-electron chi connectivity index (χ3n) is 4.30. The molecule has 0 aliphatic carbocycles. The highest BCUT2D eigenvalue weighted by molar-refractivity contribution is 7.12. The number of thiophene rings is 1. The summed E-state index contributed by atoms with van der Waals surface area (Å²) in [4.78, 5) is 25.3. The topological polar surface area (TPSA) is 70.2 Å². The standard InChI is InChI=1S/C18H20ClN3O2S.ClH/c1-11-14(4-2-8-20-11)21-17(23)12-6-7-13(19)15(10-12)22-18(24)16-5-3-9-25-16;/h3,5-7,9-11,14,20H,2,4,8H2,1H3,(H,21,23)(H,22,24);1H. The Hall–Kier alpha value is -1.60. The predicted octanol–water partition coefficient (Wildman–Crippen LogP) is 3.95. The van der Waals surface area contributed by atoms with Crippen LogP contribution in [-0.2, 0) is 0 Å². The number of benzene rings is 1. The van der Waals surface area contributed by atoms with Gasteiger partial charge in [0.15, 0.2) is 0 Å². The van der Waals surface area contributed by atoms with E-state index in [0.29, 0.717) is 21.2 Å². The van der Waals surface area contributed by atoms with Crippen molar-refractivity contribution in [2.75, 3.05) is 11.9 Å². The van der Waals surface area contributed by atoms with Gasteiger partial charge < -0.3 is 16.0 Å². The van der Waals surface area contributed by atoms with E-state index in [1.54, 1.807) is 24.3 Å². The molecule has 2 atom stereocenters. The third kappa shape index (κ3) is 4.98. The Morgan fingerprint density at radius 2 is 2.08 bits per heavy atom. The van der Waals surface area contributed by atoms with Crippen molar-refractivity contribution in [3.63, 3.8) is 0 Å². The Balaban J connectivity index is 0.00000243. The molecule has 1 fully saturated rings. The van der Waals surface area contributed by atoms with Gasteiger partial charge in [-0.25, -0.2) is 0 Å². The van der Waals surface area contributed by atoms with Gasteiger partial charge in [0.2, 0.25) is 0 Å². The molecule has 1 aromatic heterocycles. The van der Waals surface area contributed by atoms with E-state index in [1.165, 1.54) is 11.3 Å². The molecule has 2 aromatic rings. The summed E-state index contributed by atoms with van der Waals surface area (Å²) in [5, 5.41) is 11.4. The molecule has 26 heavy (non-hydrogen) atoms. The maximum atomic E-state index is 12.5. The van der Waals surface area contributed by atoms with Gasteiger partial charge in [0.1, 0.15) is 0 Å². The van der Waals surface area contributed by atoms with Crippen LogP contribution in [-0.4, -0.2) is 30.4 Å². The number of carbonyl (C=O) groups excluding carboxylic acids is 2. The number of rotatable bonds is 4. The van der Waals surface area contributed by atoms with Crippen LogP contribution in [0.1, 0.15) is 39.8 Å². The van der Waals surface area contributed by atoms with Crippen molar-refractivity contribution in [3.8, 4) is 0 Å². The minimum Gasteiger partial charge on any atom is -0.348 e. The SMILES string of the molecule is CC1NCCCC1NC(=O)c1ccc(Cl)c(NC(=O)c2cccs2)c1.Cl. The van der Waals surface area contributed by atoms with Gasteiger partial charge in [0.05, 0.1) is 15.6 Å². The average Bonchev–Trinajstić information content (AvgIpc) is 3.13. The third-order valence-corrected chi connectivity index (χ3v) is 5.50. The van der Waals surface area contributed by atoms with E-state index < -0.39 is 0 Å². The van der Waals surface area contributed by atoms with E-state index in [9.17, 15) is 9.59 Å². The molecule has 140 valence electrons. The van der Waals surface area contributed by atoms with Gasteiger partial charge in [-0.1, -0.05) is 17.7 Å². The Morgan fingerprint density at radius 3 is 2.77 bits per heavy atom. The van der Waals surface area contributed by atoms with Gasteiger partial charge in [-0.05, 0) is 56.0 Å². The van der Waals surface area contributed by atoms with Crippen LogP contribution in [0, 0.1) is 0 Å². The molecular weight excluding hydrogens is 393 g/mol. The molecule has 5 nitrogen and oxygen atoms in total. The molecular formula is C18H21Cl2N3O2S. The van der Waals surface area contributed by atoms with Crippen molar-refractivity contribution in [3.05, 3.63) is 51.2 Å². The summed E-state index contributed by atoms with van der Waals surface area (Å²) in [6.07, 6.45) is 1.99.